The fourth-order valence-electron chi connectivity index (χ4n) is 2.31. The molecule has 1 aliphatic rings. The predicted octanol–water partition coefficient (Wildman–Crippen LogP) is 1.36. The number of nitrogens with two attached hydrogens (primary N) is 1. The maximum Gasteiger partial charge on any atom is 0.0963 e. The number of hydrogen-bond acceptors (Lipinski definition) is 3. The van der Waals surface area contributed by atoms with Gasteiger partial charge in [0, 0.05) is 18.0 Å². The van der Waals surface area contributed by atoms with Gasteiger partial charge in [-0.2, -0.15) is 0 Å². The van der Waals surface area contributed by atoms with Crippen LogP contribution in [0.15, 0.2) is 0 Å². The standard InChI is InChI=1S/C13H28N4/c1-11-10-16(4)7-5-8-17(11)9-6-13(2,3)12(14)15/h11H,5-10H2,1-4H3,(H3,14,15). The molecular weight excluding hydrogens is 212 g/mol. The Bertz CT molecular complexity index is 262. The van der Waals surface area contributed by atoms with Crippen molar-refractivity contribution in [2.75, 3.05) is 33.2 Å². The van der Waals surface area contributed by atoms with Crippen LogP contribution in [0, 0.1) is 10.8 Å². The lowest BCUT2D eigenvalue weighted by Crippen LogP contribution is -2.41. The molecule has 100 valence electrons. The van der Waals surface area contributed by atoms with Crippen LogP contribution < -0.4 is 5.73 Å². The highest BCUT2D eigenvalue weighted by Gasteiger charge is 2.25. The molecule has 0 spiro atoms. The van der Waals surface area contributed by atoms with E-state index in [0.29, 0.717) is 11.9 Å². The molecule has 1 unspecified atom stereocenters. The molecule has 0 amide bonds. The van der Waals surface area contributed by atoms with Crippen molar-refractivity contribution >= 4 is 5.84 Å². The van der Waals surface area contributed by atoms with E-state index >= 15 is 0 Å². The fourth-order valence-corrected chi connectivity index (χ4v) is 2.31. The first-order valence-electron chi connectivity index (χ1n) is 6.60. The maximum absolute atomic E-state index is 7.59. The molecule has 3 N–H and O–H groups in total. The number of amidine groups is 1. The summed E-state index contributed by atoms with van der Waals surface area (Å²) in [4.78, 5) is 4.94. The van der Waals surface area contributed by atoms with Gasteiger partial charge in [0.25, 0.3) is 0 Å². The van der Waals surface area contributed by atoms with Crippen molar-refractivity contribution in [3.8, 4) is 0 Å². The van der Waals surface area contributed by atoms with E-state index in [0.717, 1.165) is 19.5 Å². The summed E-state index contributed by atoms with van der Waals surface area (Å²) >= 11 is 0. The van der Waals surface area contributed by atoms with E-state index in [9.17, 15) is 0 Å². The van der Waals surface area contributed by atoms with E-state index in [1.165, 1.54) is 19.5 Å². The second-order valence-corrected chi connectivity index (χ2v) is 6.05. The van der Waals surface area contributed by atoms with E-state index in [4.69, 9.17) is 11.1 Å². The third-order valence-corrected chi connectivity index (χ3v) is 3.94. The Kier molecular flexibility index (Phi) is 4.95. The number of hydrogen-bond donors (Lipinski definition) is 2. The summed E-state index contributed by atoms with van der Waals surface area (Å²) in [7, 11) is 2.19. The lowest BCUT2D eigenvalue weighted by atomic mass is 9.88. The second-order valence-electron chi connectivity index (χ2n) is 6.05. The Labute approximate surface area is 106 Å². The molecular formula is C13H28N4. The van der Waals surface area contributed by atoms with Crippen molar-refractivity contribution in [1.82, 2.24) is 9.80 Å². The van der Waals surface area contributed by atoms with E-state index < -0.39 is 0 Å². The molecule has 0 aromatic carbocycles. The van der Waals surface area contributed by atoms with Gasteiger partial charge in [-0.1, -0.05) is 13.8 Å². The zero-order valence-corrected chi connectivity index (χ0v) is 11.8. The minimum absolute atomic E-state index is 0.169. The molecule has 0 bridgehead atoms. The molecule has 0 aliphatic carbocycles. The first kappa shape index (κ1) is 14.5. The molecule has 0 aromatic heterocycles. The van der Waals surface area contributed by atoms with Crippen LogP contribution in [0.4, 0.5) is 0 Å². The molecule has 1 aliphatic heterocycles. The predicted molar refractivity (Wildman–Crippen MR) is 73.5 cm³/mol. The Morgan fingerprint density at radius 2 is 2.06 bits per heavy atom. The molecule has 17 heavy (non-hydrogen) atoms. The third-order valence-electron chi connectivity index (χ3n) is 3.94. The molecule has 4 heteroatoms. The minimum Gasteiger partial charge on any atom is -0.387 e. The zero-order chi connectivity index (χ0) is 13.1. The van der Waals surface area contributed by atoms with E-state index in [2.05, 4.69) is 37.6 Å². The summed E-state index contributed by atoms with van der Waals surface area (Å²) in [5, 5.41) is 7.59. The number of nitrogens with one attached hydrogen (secondary N) is 1. The van der Waals surface area contributed by atoms with Crippen molar-refractivity contribution < 1.29 is 0 Å². The lowest BCUT2D eigenvalue weighted by molar-refractivity contribution is 0.186. The highest BCUT2D eigenvalue weighted by atomic mass is 15.2. The molecule has 1 saturated heterocycles. The summed E-state index contributed by atoms with van der Waals surface area (Å²) in [5.41, 5.74) is 5.46. The van der Waals surface area contributed by atoms with Gasteiger partial charge in [-0.3, -0.25) is 10.3 Å². The van der Waals surface area contributed by atoms with Crippen LogP contribution in [-0.4, -0.2) is 54.9 Å². The van der Waals surface area contributed by atoms with Gasteiger partial charge < -0.3 is 10.6 Å². The van der Waals surface area contributed by atoms with Crippen LogP contribution >= 0.6 is 0 Å². The summed E-state index contributed by atoms with van der Waals surface area (Å²) in [5.74, 6) is 0.303. The van der Waals surface area contributed by atoms with Gasteiger partial charge >= 0.3 is 0 Å². The SMILES string of the molecule is CC1CN(C)CCCN1CCC(C)(C)C(=N)N. The quantitative estimate of drug-likeness (QED) is 0.576. The highest BCUT2D eigenvalue weighted by molar-refractivity contribution is 5.82. The number of rotatable bonds is 4. The van der Waals surface area contributed by atoms with Gasteiger partial charge in [0.15, 0.2) is 0 Å². The molecule has 0 radical (unpaired) electrons. The van der Waals surface area contributed by atoms with Gasteiger partial charge in [0.1, 0.15) is 0 Å². The Balaban J connectivity index is 2.48. The fraction of sp³-hybridized carbons (Fsp3) is 0.923. The Morgan fingerprint density at radius 3 is 2.65 bits per heavy atom. The van der Waals surface area contributed by atoms with Crippen LogP contribution in [0.2, 0.25) is 0 Å². The molecule has 0 saturated carbocycles. The van der Waals surface area contributed by atoms with Gasteiger partial charge in [0.2, 0.25) is 0 Å². The summed E-state index contributed by atoms with van der Waals surface area (Å²) in [6, 6.07) is 0.602. The number of likely N-dealkylation sites (N-methyl/N-ethyl adjacent to an activating group) is 1. The molecule has 0 aromatic rings. The van der Waals surface area contributed by atoms with E-state index in [1.54, 1.807) is 0 Å². The van der Waals surface area contributed by atoms with E-state index in [1.807, 2.05) is 0 Å². The molecule has 1 rings (SSSR count). The summed E-state index contributed by atoms with van der Waals surface area (Å²) in [6.45, 7) is 11.0. The average Bonchev–Trinajstić information content (AvgIpc) is 2.36. The Morgan fingerprint density at radius 1 is 1.41 bits per heavy atom. The van der Waals surface area contributed by atoms with Crippen molar-refractivity contribution in [2.24, 2.45) is 11.1 Å². The monoisotopic (exact) mass is 240 g/mol. The van der Waals surface area contributed by atoms with Crippen LogP contribution in [0.5, 0.6) is 0 Å². The first-order valence-corrected chi connectivity index (χ1v) is 6.60. The largest absolute Gasteiger partial charge is 0.387 e. The zero-order valence-electron chi connectivity index (χ0n) is 11.8. The maximum atomic E-state index is 7.59. The Hall–Kier alpha value is -0.610. The van der Waals surface area contributed by atoms with Crippen molar-refractivity contribution in [2.45, 2.75) is 39.7 Å². The summed E-state index contributed by atoms with van der Waals surface area (Å²) < 4.78 is 0. The summed E-state index contributed by atoms with van der Waals surface area (Å²) in [6.07, 6.45) is 2.21. The smallest absolute Gasteiger partial charge is 0.0963 e. The van der Waals surface area contributed by atoms with Gasteiger partial charge in [-0.25, -0.2) is 0 Å². The lowest BCUT2D eigenvalue weighted by Gasteiger charge is -2.31. The van der Waals surface area contributed by atoms with Crippen molar-refractivity contribution in [1.29, 1.82) is 5.41 Å². The third kappa shape index (κ3) is 4.28. The highest BCUT2D eigenvalue weighted by Crippen LogP contribution is 2.21. The van der Waals surface area contributed by atoms with E-state index in [-0.39, 0.29) is 5.41 Å². The molecule has 1 fully saturated rings. The molecule has 1 heterocycles. The van der Waals surface area contributed by atoms with Crippen LogP contribution in [0.3, 0.4) is 0 Å². The topological polar surface area (TPSA) is 56.4 Å². The van der Waals surface area contributed by atoms with Crippen LogP contribution in [-0.2, 0) is 0 Å². The molecule has 1 atom stereocenters. The van der Waals surface area contributed by atoms with Gasteiger partial charge in [-0.15, -0.1) is 0 Å². The first-order chi connectivity index (χ1) is 7.83. The van der Waals surface area contributed by atoms with Crippen LogP contribution in [0.25, 0.3) is 0 Å². The second kappa shape index (κ2) is 5.83. The van der Waals surface area contributed by atoms with Crippen molar-refractivity contribution in [3.63, 3.8) is 0 Å². The normalized spacial score (nSPS) is 24.6. The molecule has 4 nitrogen and oxygen atoms in total. The number of nitrogens with zero attached hydrogens (tertiary/aromatic N) is 2. The van der Waals surface area contributed by atoms with Gasteiger partial charge in [0.05, 0.1) is 5.84 Å². The van der Waals surface area contributed by atoms with Crippen LogP contribution in [0.1, 0.15) is 33.6 Å². The van der Waals surface area contributed by atoms with Crippen molar-refractivity contribution in [3.05, 3.63) is 0 Å². The van der Waals surface area contributed by atoms with Gasteiger partial charge in [-0.05, 0) is 46.4 Å². The average molecular weight is 240 g/mol. The minimum atomic E-state index is -0.169.